The first kappa shape index (κ1) is 24.0. The first-order valence-electron chi connectivity index (χ1n) is 11.9. The Bertz CT molecular complexity index is 1350. The van der Waals surface area contributed by atoms with E-state index in [0.717, 1.165) is 36.7 Å². The normalized spacial score (nSPS) is 16.1. The zero-order valence-corrected chi connectivity index (χ0v) is 21.1. The van der Waals surface area contributed by atoms with Gasteiger partial charge in [0.15, 0.2) is 5.82 Å². The van der Waals surface area contributed by atoms with Crippen LogP contribution in [-0.4, -0.2) is 59.6 Å². The molecule has 1 saturated heterocycles. The van der Waals surface area contributed by atoms with Gasteiger partial charge in [0.2, 0.25) is 0 Å². The molecule has 2 aromatic carbocycles. The highest BCUT2D eigenvalue weighted by Gasteiger charge is 2.19. The molecule has 3 heterocycles. The van der Waals surface area contributed by atoms with E-state index >= 15 is 0 Å². The van der Waals surface area contributed by atoms with Crippen LogP contribution in [0.1, 0.15) is 32.5 Å². The van der Waals surface area contributed by atoms with E-state index in [4.69, 9.17) is 0 Å². The molecule has 1 fully saturated rings. The number of rotatable bonds is 7. The second-order valence-corrected chi connectivity index (χ2v) is 10.1. The van der Waals surface area contributed by atoms with E-state index in [1.165, 1.54) is 16.9 Å². The number of hydrogen-bond acceptors (Lipinski definition) is 7. The highest BCUT2D eigenvalue weighted by Crippen LogP contribution is 2.29. The van der Waals surface area contributed by atoms with E-state index < -0.39 is 0 Å². The molecule has 1 aliphatic heterocycles. The number of fused-ring (bicyclic) bond motifs is 1. The van der Waals surface area contributed by atoms with Crippen molar-refractivity contribution in [3.63, 3.8) is 0 Å². The molecule has 36 heavy (non-hydrogen) atoms. The van der Waals surface area contributed by atoms with Crippen molar-refractivity contribution in [2.24, 2.45) is 0 Å². The molecule has 9 nitrogen and oxygen atoms in total. The van der Waals surface area contributed by atoms with Crippen LogP contribution >= 0.6 is 11.3 Å². The quantitative estimate of drug-likeness (QED) is 0.288. The minimum Gasteiger partial charge on any atom is -0.312 e. The second-order valence-electron chi connectivity index (χ2n) is 9.00. The van der Waals surface area contributed by atoms with Crippen LogP contribution in [0.2, 0.25) is 0 Å². The van der Waals surface area contributed by atoms with Crippen LogP contribution in [0.25, 0.3) is 10.2 Å². The minimum absolute atomic E-state index is 0.234. The fourth-order valence-electron chi connectivity index (χ4n) is 4.30. The van der Waals surface area contributed by atoms with Crippen molar-refractivity contribution in [1.82, 2.24) is 25.8 Å². The highest BCUT2D eigenvalue weighted by molar-refractivity contribution is 7.20. The first-order valence-corrected chi connectivity index (χ1v) is 12.7. The Labute approximate surface area is 213 Å². The molecule has 0 radical (unpaired) electrons. The summed E-state index contributed by atoms with van der Waals surface area (Å²) >= 11 is 1.29. The van der Waals surface area contributed by atoms with Gasteiger partial charge in [0.1, 0.15) is 4.83 Å². The van der Waals surface area contributed by atoms with E-state index in [0.29, 0.717) is 27.7 Å². The summed E-state index contributed by atoms with van der Waals surface area (Å²) in [6.45, 7) is 6.09. The summed E-state index contributed by atoms with van der Waals surface area (Å²) in [5, 5.41) is 15.8. The molecule has 5 rings (SSSR count). The largest absolute Gasteiger partial charge is 0.312 e. The smallest absolute Gasteiger partial charge is 0.279 e. The van der Waals surface area contributed by atoms with Crippen molar-refractivity contribution < 1.29 is 9.59 Å². The number of piperazine rings is 1. The third-order valence-corrected chi connectivity index (χ3v) is 7.24. The Kier molecular flexibility index (Phi) is 6.99. The van der Waals surface area contributed by atoms with Gasteiger partial charge in [-0.1, -0.05) is 30.3 Å². The van der Waals surface area contributed by atoms with Crippen molar-refractivity contribution in [2.45, 2.75) is 19.5 Å². The van der Waals surface area contributed by atoms with Gasteiger partial charge in [0.05, 0.1) is 16.0 Å². The number of para-hydroxylation sites is 1. The molecule has 0 saturated carbocycles. The number of amides is 2. The van der Waals surface area contributed by atoms with Crippen molar-refractivity contribution in [2.75, 3.05) is 37.0 Å². The third kappa shape index (κ3) is 5.40. The Balaban J connectivity index is 1.22. The Morgan fingerprint density at radius 3 is 2.67 bits per heavy atom. The lowest BCUT2D eigenvalue weighted by molar-refractivity contribution is 0.0954. The van der Waals surface area contributed by atoms with Crippen molar-refractivity contribution in [3.05, 3.63) is 76.7 Å². The molecule has 2 aromatic heterocycles. The van der Waals surface area contributed by atoms with Gasteiger partial charge in [0, 0.05) is 44.8 Å². The van der Waals surface area contributed by atoms with Crippen molar-refractivity contribution in [3.8, 4) is 0 Å². The molecule has 2 amide bonds. The summed E-state index contributed by atoms with van der Waals surface area (Å²) in [7, 11) is 1.79. The molecule has 186 valence electrons. The summed E-state index contributed by atoms with van der Waals surface area (Å²) in [4.78, 5) is 29.3. The number of nitrogens with zero attached hydrogens (tertiary/aromatic N) is 3. The fraction of sp³-hybridized carbons (Fsp3) is 0.269. The lowest BCUT2D eigenvalue weighted by Crippen LogP contribution is -2.48. The van der Waals surface area contributed by atoms with Crippen LogP contribution in [-0.2, 0) is 6.54 Å². The van der Waals surface area contributed by atoms with E-state index in [9.17, 15) is 9.59 Å². The molecule has 1 aliphatic rings. The van der Waals surface area contributed by atoms with E-state index in [2.05, 4.69) is 38.1 Å². The molecule has 0 spiro atoms. The summed E-state index contributed by atoms with van der Waals surface area (Å²) in [6.07, 6.45) is 0. The first-order chi connectivity index (χ1) is 17.5. The molecule has 0 bridgehead atoms. The van der Waals surface area contributed by atoms with Crippen LogP contribution in [0.3, 0.4) is 0 Å². The highest BCUT2D eigenvalue weighted by atomic mass is 32.1. The fourth-order valence-corrected chi connectivity index (χ4v) is 5.19. The standard InChI is InChI=1S/C26H29N7O2S/c1-17-15-33(13-12-27-17)16-18-8-10-19(11-9-18)24(34)28-23-21-14-22(36-26(21)30-29-23)25(35)31-32(2)20-6-4-3-5-7-20/h3-11,14,17,27H,12-13,15-16H2,1-2H3,(H,31,35)(H2,28,29,30,34). The Hall–Kier alpha value is -3.73. The predicted octanol–water partition coefficient (Wildman–Crippen LogP) is 3.45. The number of benzene rings is 2. The monoisotopic (exact) mass is 503 g/mol. The number of hydrazine groups is 1. The number of hydrogen-bond donors (Lipinski definition) is 4. The lowest BCUT2D eigenvalue weighted by Gasteiger charge is -2.31. The van der Waals surface area contributed by atoms with Gasteiger partial charge in [-0.25, -0.2) is 0 Å². The third-order valence-electron chi connectivity index (χ3n) is 6.20. The van der Waals surface area contributed by atoms with Gasteiger partial charge < -0.3 is 10.6 Å². The van der Waals surface area contributed by atoms with Crippen LogP contribution in [0.4, 0.5) is 11.5 Å². The summed E-state index contributed by atoms with van der Waals surface area (Å²) < 4.78 is 0. The maximum atomic E-state index is 12.9. The number of H-pyrrole nitrogens is 1. The molecular formula is C26H29N7O2S. The molecule has 4 N–H and O–H groups in total. The molecule has 4 aromatic rings. The van der Waals surface area contributed by atoms with Gasteiger partial charge in [-0.2, -0.15) is 5.10 Å². The van der Waals surface area contributed by atoms with E-state index in [-0.39, 0.29) is 11.8 Å². The number of aromatic amines is 1. The average Bonchev–Trinajstić information content (AvgIpc) is 3.47. The zero-order valence-electron chi connectivity index (χ0n) is 20.2. The number of carbonyl (C=O) groups excluding carboxylic acids is 2. The SMILES string of the molecule is CC1CN(Cc2ccc(C(=O)Nc3n[nH]c4sc(C(=O)NN(C)c5ccccc5)cc34)cc2)CCN1. The number of aromatic nitrogens is 2. The number of nitrogens with one attached hydrogen (secondary N) is 4. The van der Waals surface area contributed by atoms with E-state index in [1.807, 2.05) is 54.6 Å². The second kappa shape index (κ2) is 10.5. The van der Waals surface area contributed by atoms with Gasteiger partial charge in [-0.15, -0.1) is 11.3 Å². The number of thiophene rings is 1. The van der Waals surface area contributed by atoms with Crippen LogP contribution in [0.15, 0.2) is 60.7 Å². The van der Waals surface area contributed by atoms with Gasteiger partial charge >= 0.3 is 0 Å². The number of anilines is 2. The van der Waals surface area contributed by atoms with Gasteiger partial charge in [-0.05, 0) is 42.8 Å². The maximum Gasteiger partial charge on any atom is 0.279 e. The van der Waals surface area contributed by atoms with Gasteiger partial charge in [0.25, 0.3) is 11.8 Å². The van der Waals surface area contributed by atoms with Gasteiger partial charge in [-0.3, -0.25) is 30.0 Å². The molecule has 0 aliphatic carbocycles. The maximum absolute atomic E-state index is 12.9. The van der Waals surface area contributed by atoms with Crippen LogP contribution in [0, 0.1) is 0 Å². The minimum atomic E-state index is -0.244. The van der Waals surface area contributed by atoms with E-state index in [1.54, 1.807) is 18.1 Å². The summed E-state index contributed by atoms with van der Waals surface area (Å²) in [5.41, 5.74) is 5.47. The number of carbonyl (C=O) groups is 2. The van der Waals surface area contributed by atoms with Crippen LogP contribution in [0.5, 0.6) is 0 Å². The zero-order chi connectivity index (χ0) is 25.1. The molecule has 1 unspecified atom stereocenters. The molecule has 10 heteroatoms. The van der Waals surface area contributed by atoms with Crippen LogP contribution < -0.4 is 21.1 Å². The average molecular weight is 504 g/mol. The Morgan fingerprint density at radius 1 is 1.14 bits per heavy atom. The molecule has 1 atom stereocenters. The topological polar surface area (TPSA) is 105 Å². The van der Waals surface area contributed by atoms with Crippen molar-refractivity contribution in [1.29, 1.82) is 0 Å². The predicted molar refractivity (Wildman–Crippen MR) is 143 cm³/mol. The molecular weight excluding hydrogens is 474 g/mol. The van der Waals surface area contributed by atoms with Crippen molar-refractivity contribution >= 4 is 44.9 Å². The lowest BCUT2D eigenvalue weighted by atomic mass is 10.1. The Morgan fingerprint density at radius 2 is 1.92 bits per heavy atom. The summed E-state index contributed by atoms with van der Waals surface area (Å²) in [6, 6.07) is 19.5. The summed E-state index contributed by atoms with van der Waals surface area (Å²) in [5.74, 6) is -0.0740.